The highest BCUT2D eigenvalue weighted by molar-refractivity contribution is 5.82. The number of aliphatic carboxylic acids is 1. The second-order valence-corrected chi connectivity index (χ2v) is 4.52. The number of carboxylic acid groups (broad SMARTS) is 1. The molecule has 0 bridgehead atoms. The first-order chi connectivity index (χ1) is 8.16. The lowest BCUT2D eigenvalue weighted by Crippen LogP contribution is -2.42. The number of allylic oxidation sites excluding steroid dienone is 1. The van der Waals surface area contributed by atoms with Gasteiger partial charge in [0.1, 0.15) is 6.10 Å². The molecule has 1 aliphatic heterocycles. The standard InChI is InChI=1S/C12H17NO4/c14-11(13-8-4-2-1-3-5-8)9-6-7-10(17-9)12(15)16/h1-2,8-10H,3-7H2,(H,13,14)(H,15,16). The number of carbonyl (C=O) groups is 2. The summed E-state index contributed by atoms with van der Waals surface area (Å²) >= 11 is 0. The third-order valence-corrected chi connectivity index (χ3v) is 3.20. The van der Waals surface area contributed by atoms with Crippen LogP contribution < -0.4 is 5.32 Å². The Labute approximate surface area is 99.8 Å². The van der Waals surface area contributed by atoms with Crippen LogP contribution in [0, 0.1) is 0 Å². The van der Waals surface area contributed by atoms with E-state index < -0.39 is 18.2 Å². The molecule has 2 aliphatic rings. The van der Waals surface area contributed by atoms with Gasteiger partial charge in [-0.15, -0.1) is 0 Å². The highest BCUT2D eigenvalue weighted by Gasteiger charge is 2.35. The van der Waals surface area contributed by atoms with Crippen molar-refractivity contribution in [2.24, 2.45) is 0 Å². The van der Waals surface area contributed by atoms with Gasteiger partial charge in [0, 0.05) is 6.04 Å². The van der Waals surface area contributed by atoms with Gasteiger partial charge in [0.25, 0.3) is 0 Å². The molecule has 0 spiro atoms. The summed E-state index contributed by atoms with van der Waals surface area (Å²) in [4.78, 5) is 22.5. The van der Waals surface area contributed by atoms with Crippen molar-refractivity contribution in [2.75, 3.05) is 0 Å². The van der Waals surface area contributed by atoms with Crippen molar-refractivity contribution >= 4 is 11.9 Å². The number of hydrogen-bond donors (Lipinski definition) is 2. The third-order valence-electron chi connectivity index (χ3n) is 3.20. The van der Waals surface area contributed by atoms with E-state index in [1.807, 2.05) is 0 Å². The first-order valence-electron chi connectivity index (χ1n) is 6.00. The molecule has 1 amide bonds. The first kappa shape index (κ1) is 12.1. The van der Waals surface area contributed by atoms with Crippen molar-refractivity contribution < 1.29 is 19.4 Å². The summed E-state index contributed by atoms with van der Waals surface area (Å²) in [6, 6.07) is 0.167. The molecule has 17 heavy (non-hydrogen) atoms. The largest absolute Gasteiger partial charge is 0.479 e. The highest BCUT2D eigenvalue weighted by Crippen LogP contribution is 2.20. The zero-order chi connectivity index (χ0) is 12.3. The molecule has 0 aromatic rings. The predicted octanol–water partition coefficient (Wildman–Crippen LogP) is 0.843. The molecule has 0 saturated carbocycles. The number of hydrogen-bond acceptors (Lipinski definition) is 3. The van der Waals surface area contributed by atoms with Crippen molar-refractivity contribution in [3.8, 4) is 0 Å². The number of rotatable bonds is 3. The smallest absolute Gasteiger partial charge is 0.332 e. The quantitative estimate of drug-likeness (QED) is 0.716. The van der Waals surface area contributed by atoms with Gasteiger partial charge in [-0.05, 0) is 32.1 Å². The molecule has 1 heterocycles. The third kappa shape index (κ3) is 3.06. The zero-order valence-corrected chi connectivity index (χ0v) is 9.59. The molecule has 1 aliphatic carbocycles. The minimum atomic E-state index is -0.985. The lowest BCUT2D eigenvalue weighted by atomic mass is 10.0. The second-order valence-electron chi connectivity index (χ2n) is 4.52. The van der Waals surface area contributed by atoms with Crippen LogP contribution in [0.15, 0.2) is 12.2 Å². The average Bonchev–Trinajstić information content (AvgIpc) is 2.79. The van der Waals surface area contributed by atoms with E-state index in [0.717, 1.165) is 19.3 Å². The average molecular weight is 239 g/mol. The molecular formula is C12H17NO4. The fourth-order valence-corrected chi connectivity index (χ4v) is 2.23. The van der Waals surface area contributed by atoms with Crippen LogP contribution in [0.3, 0.4) is 0 Å². The Morgan fingerprint density at radius 1 is 1.18 bits per heavy atom. The molecule has 0 radical (unpaired) electrons. The summed E-state index contributed by atoms with van der Waals surface area (Å²) in [7, 11) is 0. The minimum absolute atomic E-state index is 0.167. The van der Waals surface area contributed by atoms with Crippen molar-refractivity contribution in [3.05, 3.63) is 12.2 Å². The minimum Gasteiger partial charge on any atom is -0.479 e. The van der Waals surface area contributed by atoms with Crippen LogP contribution in [0.4, 0.5) is 0 Å². The van der Waals surface area contributed by atoms with E-state index in [1.165, 1.54) is 0 Å². The summed E-state index contributed by atoms with van der Waals surface area (Å²) in [6.07, 6.45) is 6.42. The molecule has 1 fully saturated rings. The Bertz CT molecular complexity index is 339. The van der Waals surface area contributed by atoms with Gasteiger partial charge in [0.15, 0.2) is 6.10 Å². The molecule has 3 atom stereocenters. The van der Waals surface area contributed by atoms with Crippen LogP contribution in [-0.4, -0.2) is 35.2 Å². The van der Waals surface area contributed by atoms with Crippen molar-refractivity contribution in [1.82, 2.24) is 5.32 Å². The van der Waals surface area contributed by atoms with E-state index >= 15 is 0 Å². The van der Waals surface area contributed by atoms with Gasteiger partial charge in [-0.3, -0.25) is 4.79 Å². The SMILES string of the molecule is O=C(O)C1CCC(C(=O)NC2CC=CCC2)O1. The van der Waals surface area contributed by atoms with E-state index in [1.54, 1.807) is 0 Å². The predicted molar refractivity (Wildman–Crippen MR) is 60.5 cm³/mol. The Hall–Kier alpha value is -1.36. The van der Waals surface area contributed by atoms with E-state index in [-0.39, 0.29) is 11.9 Å². The van der Waals surface area contributed by atoms with Crippen LogP contribution in [0.2, 0.25) is 0 Å². The van der Waals surface area contributed by atoms with Gasteiger partial charge in [0.2, 0.25) is 5.91 Å². The van der Waals surface area contributed by atoms with Gasteiger partial charge >= 0.3 is 5.97 Å². The molecule has 1 saturated heterocycles. The Morgan fingerprint density at radius 2 is 1.94 bits per heavy atom. The summed E-state index contributed by atoms with van der Waals surface area (Å²) in [5, 5.41) is 11.7. The Kier molecular flexibility index (Phi) is 3.78. The van der Waals surface area contributed by atoms with Gasteiger partial charge in [0.05, 0.1) is 0 Å². The summed E-state index contributed by atoms with van der Waals surface area (Å²) in [5.74, 6) is -1.16. The van der Waals surface area contributed by atoms with Crippen molar-refractivity contribution in [1.29, 1.82) is 0 Å². The maximum absolute atomic E-state index is 11.8. The summed E-state index contributed by atoms with van der Waals surface area (Å²) in [6.45, 7) is 0. The van der Waals surface area contributed by atoms with Gasteiger partial charge in [-0.2, -0.15) is 0 Å². The topological polar surface area (TPSA) is 75.6 Å². The molecule has 5 nitrogen and oxygen atoms in total. The van der Waals surface area contributed by atoms with E-state index in [4.69, 9.17) is 9.84 Å². The maximum atomic E-state index is 11.8. The lowest BCUT2D eigenvalue weighted by Gasteiger charge is -2.21. The Balaban J connectivity index is 1.80. The lowest BCUT2D eigenvalue weighted by molar-refractivity contribution is -0.151. The molecule has 94 valence electrons. The van der Waals surface area contributed by atoms with E-state index in [2.05, 4.69) is 17.5 Å². The fraction of sp³-hybridized carbons (Fsp3) is 0.667. The molecule has 2 N–H and O–H groups in total. The number of nitrogens with one attached hydrogen (secondary N) is 1. The van der Waals surface area contributed by atoms with Crippen LogP contribution >= 0.6 is 0 Å². The number of carboxylic acids is 1. The maximum Gasteiger partial charge on any atom is 0.332 e. The molecule has 0 aromatic carbocycles. The molecule has 3 unspecified atom stereocenters. The number of amides is 1. The molecule has 5 heteroatoms. The van der Waals surface area contributed by atoms with Gasteiger partial charge in [-0.1, -0.05) is 12.2 Å². The summed E-state index contributed by atoms with van der Waals surface area (Å²) in [5.41, 5.74) is 0. The van der Waals surface area contributed by atoms with Crippen molar-refractivity contribution in [2.45, 2.75) is 50.4 Å². The normalized spacial score (nSPS) is 32.4. The van der Waals surface area contributed by atoms with E-state index in [9.17, 15) is 9.59 Å². The fourth-order valence-electron chi connectivity index (χ4n) is 2.23. The van der Waals surface area contributed by atoms with Crippen molar-refractivity contribution in [3.63, 3.8) is 0 Å². The van der Waals surface area contributed by atoms with Gasteiger partial charge < -0.3 is 15.2 Å². The number of ether oxygens (including phenoxy) is 1. The van der Waals surface area contributed by atoms with Crippen LogP contribution in [0.1, 0.15) is 32.1 Å². The Morgan fingerprint density at radius 3 is 2.53 bits per heavy atom. The molecular weight excluding hydrogens is 222 g/mol. The van der Waals surface area contributed by atoms with Crippen LogP contribution in [-0.2, 0) is 14.3 Å². The van der Waals surface area contributed by atoms with E-state index in [0.29, 0.717) is 12.8 Å². The van der Waals surface area contributed by atoms with Crippen LogP contribution in [0.25, 0.3) is 0 Å². The van der Waals surface area contributed by atoms with Crippen LogP contribution in [0.5, 0.6) is 0 Å². The van der Waals surface area contributed by atoms with Gasteiger partial charge in [-0.25, -0.2) is 4.79 Å². The zero-order valence-electron chi connectivity index (χ0n) is 9.59. The second kappa shape index (κ2) is 5.31. The number of carbonyl (C=O) groups excluding carboxylic acids is 1. The monoisotopic (exact) mass is 239 g/mol. The molecule has 0 aromatic heterocycles. The molecule has 2 rings (SSSR count). The highest BCUT2D eigenvalue weighted by atomic mass is 16.5. The summed E-state index contributed by atoms with van der Waals surface area (Å²) < 4.78 is 5.20. The first-order valence-corrected chi connectivity index (χ1v) is 6.00.